The maximum Gasteiger partial charge on any atom is 0.223 e. The summed E-state index contributed by atoms with van der Waals surface area (Å²) in [4.78, 5) is 12.4. The van der Waals surface area contributed by atoms with Gasteiger partial charge in [0.1, 0.15) is 0 Å². The first kappa shape index (κ1) is 22.3. The van der Waals surface area contributed by atoms with Crippen molar-refractivity contribution in [2.24, 2.45) is 5.92 Å². The first-order valence-corrected chi connectivity index (χ1v) is 12.4. The Kier molecular flexibility index (Phi) is 7.73. The normalized spacial score (nSPS) is 15.9. The van der Waals surface area contributed by atoms with Crippen LogP contribution >= 0.6 is 27.5 Å². The van der Waals surface area contributed by atoms with E-state index in [9.17, 15) is 13.2 Å². The largest absolute Gasteiger partial charge is 0.356 e. The molecule has 0 aliphatic carbocycles. The van der Waals surface area contributed by atoms with Crippen molar-refractivity contribution in [3.8, 4) is 0 Å². The Hall–Kier alpha value is -1.41. The molecular formula is C21H24BrClN2O3S. The number of sulfonamides is 1. The molecule has 0 atom stereocenters. The van der Waals surface area contributed by atoms with Gasteiger partial charge in [-0.25, -0.2) is 12.7 Å². The van der Waals surface area contributed by atoms with Gasteiger partial charge in [-0.05, 0) is 54.7 Å². The van der Waals surface area contributed by atoms with Crippen molar-refractivity contribution in [1.82, 2.24) is 9.62 Å². The number of rotatable bonds is 7. The summed E-state index contributed by atoms with van der Waals surface area (Å²) in [6.07, 6.45) is 1.84. The lowest BCUT2D eigenvalue weighted by molar-refractivity contribution is -0.126. The van der Waals surface area contributed by atoms with Crippen molar-refractivity contribution >= 4 is 43.5 Å². The van der Waals surface area contributed by atoms with Crippen molar-refractivity contribution in [3.05, 3.63) is 69.2 Å². The van der Waals surface area contributed by atoms with Crippen LogP contribution < -0.4 is 5.32 Å². The second-order valence-electron chi connectivity index (χ2n) is 7.22. The van der Waals surface area contributed by atoms with Gasteiger partial charge >= 0.3 is 0 Å². The van der Waals surface area contributed by atoms with E-state index in [1.54, 1.807) is 0 Å². The van der Waals surface area contributed by atoms with E-state index in [1.807, 2.05) is 48.5 Å². The summed E-state index contributed by atoms with van der Waals surface area (Å²) < 4.78 is 27.8. The molecule has 29 heavy (non-hydrogen) atoms. The number of carbonyl (C=O) groups is 1. The SMILES string of the molecule is O=C(NCCc1ccc(Cl)cc1)C1CCN(S(=O)(=O)Cc2ccc(Br)cc2)CC1. The highest BCUT2D eigenvalue weighted by molar-refractivity contribution is 9.10. The molecule has 0 saturated carbocycles. The second-order valence-corrected chi connectivity index (χ2v) is 10.5. The van der Waals surface area contributed by atoms with Crippen molar-refractivity contribution in [2.75, 3.05) is 19.6 Å². The number of carbonyl (C=O) groups excluding carboxylic acids is 1. The van der Waals surface area contributed by atoms with E-state index in [-0.39, 0.29) is 17.6 Å². The molecule has 0 bridgehead atoms. The highest BCUT2D eigenvalue weighted by atomic mass is 79.9. The lowest BCUT2D eigenvalue weighted by Crippen LogP contribution is -2.43. The Labute approximate surface area is 185 Å². The molecule has 0 unspecified atom stereocenters. The van der Waals surface area contributed by atoms with Gasteiger partial charge in [-0.15, -0.1) is 0 Å². The van der Waals surface area contributed by atoms with E-state index in [0.29, 0.717) is 37.5 Å². The molecule has 1 fully saturated rings. The zero-order valence-electron chi connectivity index (χ0n) is 16.0. The average Bonchev–Trinajstić information content (AvgIpc) is 2.71. The van der Waals surface area contributed by atoms with E-state index in [2.05, 4.69) is 21.2 Å². The number of nitrogens with one attached hydrogen (secondary N) is 1. The Morgan fingerprint density at radius 3 is 2.24 bits per heavy atom. The Balaban J connectivity index is 1.44. The topological polar surface area (TPSA) is 66.5 Å². The zero-order chi connectivity index (χ0) is 20.9. The van der Waals surface area contributed by atoms with Crippen molar-refractivity contribution in [1.29, 1.82) is 0 Å². The number of benzene rings is 2. The summed E-state index contributed by atoms with van der Waals surface area (Å²) in [5, 5.41) is 3.66. The Morgan fingerprint density at radius 1 is 1.03 bits per heavy atom. The smallest absolute Gasteiger partial charge is 0.223 e. The average molecular weight is 500 g/mol. The number of hydrogen-bond donors (Lipinski definition) is 1. The third kappa shape index (κ3) is 6.54. The summed E-state index contributed by atoms with van der Waals surface area (Å²) >= 11 is 9.23. The highest BCUT2D eigenvalue weighted by Crippen LogP contribution is 2.22. The Bertz CT molecular complexity index is 925. The van der Waals surface area contributed by atoms with Crippen LogP contribution in [0.15, 0.2) is 53.0 Å². The quantitative estimate of drug-likeness (QED) is 0.626. The fraction of sp³-hybridized carbons (Fsp3) is 0.381. The molecule has 8 heteroatoms. The first-order chi connectivity index (χ1) is 13.8. The van der Waals surface area contributed by atoms with Crippen LogP contribution in [0.4, 0.5) is 0 Å². The molecule has 1 saturated heterocycles. The standard InChI is InChI=1S/C21H24BrClN2O3S/c22-19-5-1-17(2-6-19)15-29(27,28)25-13-10-18(11-14-25)21(26)24-12-9-16-3-7-20(23)8-4-16/h1-8,18H,9-15H2,(H,24,26). The van der Waals surface area contributed by atoms with Gasteiger partial charge in [0.2, 0.25) is 15.9 Å². The van der Waals surface area contributed by atoms with Crippen LogP contribution in [-0.4, -0.2) is 38.3 Å². The number of amides is 1. The molecule has 0 aromatic heterocycles. The van der Waals surface area contributed by atoms with Gasteiger partial charge in [0, 0.05) is 35.0 Å². The molecule has 1 heterocycles. The molecule has 1 aliphatic heterocycles. The summed E-state index contributed by atoms with van der Waals surface area (Å²) in [7, 11) is -3.38. The second kappa shape index (κ2) is 10.1. The molecule has 5 nitrogen and oxygen atoms in total. The summed E-state index contributed by atoms with van der Waals surface area (Å²) in [6.45, 7) is 1.32. The molecule has 1 amide bonds. The van der Waals surface area contributed by atoms with Crippen LogP contribution in [0.1, 0.15) is 24.0 Å². The third-order valence-corrected chi connectivity index (χ3v) is 7.74. The van der Waals surface area contributed by atoms with Crippen LogP contribution in [0.3, 0.4) is 0 Å². The lowest BCUT2D eigenvalue weighted by Gasteiger charge is -2.30. The summed E-state index contributed by atoms with van der Waals surface area (Å²) in [6, 6.07) is 14.9. The number of halogens is 2. The van der Waals surface area contributed by atoms with Gasteiger partial charge in [-0.1, -0.05) is 51.8 Å². The monoisotopic (exact) mass is 498 g/mol. The fourth-order valence-corrected chi connectivity index (χ4v) is 5.36. The Morgan fingerprint density at radius 2 is 1.62 bits per heavy atom. The van der Waals surface area contributed by atoms with Crippen LogP contribution in [0.2, 0.25) is 5.02 Å². The third-order valence-electron chi connectivity index (χ3n) is 5.11. The summed E-state index contributed by atoms with van der Waals surface area (Å²) in [5.74, 6) is -0.152. The first-order valence-electron chi connectivity index (χ1n) is 9.58. The molecule has 1 N–H and O–H groups in total. The van der Waals surface area contributed by atoms with Gasteiger partial charge in [0.15, 0.2) is 0 Å². The van der Waals surface area contributed by atoms with Crippen LogP contribution in [0.25, 0.3) is 0 Å². The lowest BCUT2D eigenvalue weighted by atomic mass is 9.97. The highest BCUT2D eigenvalue weighted by Gasteiger charge is 2.31. The van der Waals surface area contributed by atoms with Gasteiger partial charge in [-0.2, -0.15) is 0 Å². The molecule has 0 spiro atoms. The molecule has 3 rings (SSSR count). The molecule has 0 radical (unpaired) electrons. The van der Waals surface area contributed by atoms with Crippen molar-refractivity contribution in [3.63, 3.8) is 0 Å². The molecule has 2 aromatic carbocycles. The minimum Gasteiger partial charge on any atom is -0.356 e. The fourth-order valence-electron chi connectivity index (χ4n) is 3.40. The molecule has 2 aromatic rings. The zero-order valence-corrected chi connectivity index (χ0v) is 19.1. The number of hydrogen-bond acceptors (Lipinski definition) is 3. The predicted octanol–water partition coefficient (Wildman–Crippen LogP) is 4.00. The van der Waals surface area contributed by atoms with Crippen molar-refractivity contribution < 1.29 is 13.2 Å². The van der Waals surface area contributed by atoms with E-state index in [0.717, 1.165) is 22.0 Å². The minimum atomic E-state index is -3.38. The van der Waals surface area contributed by atoms with Crippen LogP contribution in [0.5, 0.6) is 0 Å². The molecule has 156 valence electrons. The van der Waals surface area contributed by atoms with Crippen LogP contribution in [-0.2, 0) is 27.0 Å². The van der Waals surface area contributed by atoms with Crippen molar-refractivity contribution in [2.45, 2.75) is 25.0 Å². The molecular weight excluding hydrogens is 476 g/mol. The minimum absolute atomic E-state index is 0.00363. The maximum atomic E-state index is 12.7. The maximum absolute atomic E-state index is 12.7. The van der Waals surface area contributed by atoms with Gasteiger partial charge < -0.3 is 5.32 Å². The number of piperidine rings is 1. The van der Waals surface area contributed by atoms with Gasteiger partial charge in [0.25, 0.3) is 0 Å². The van der Waals surface area contributed by atoms with E-state index < -0.39 is 10.0 Å². The van der Waals surface area contributed by atoms with E-state index in [1.165, 1.54) is 4.31 Å². The predicted molar refractivity (Wildman–Crippen MR) is 119 cm³/mol. The van der Waals surface area contributed by atoms with Gasteiger partial charge in [-0.3, -0.25) is 4.79 Å². The van der Waals surface area contributed by atoms with E-state index >= 15 is 0 Å². The van der Waals surface area contributed by atoms with Crippen LogP contribution in [0, 0.1) is 5.92 Å². The van der Waals surface area contributed by atoms with Gasteiger partial charge in [0.05, 0.1) is 5.75 Å². The van der Waals surface area contributed by atoms with E-state index in [4.69, 9.17) is 11.6 Å². The number of nitrogens with zero attached hydrogens (tertiary/aromatic N) is 1. The summed E-state index contributed by atoms with van der Waals surface area (Å²) in [5.41, 5.74) is 1.87. The molecule has 1 aliphatic rings.